The van der Waals surface area contributed by atoms with Crippen molar-refractivity contribution in [1.82, 2.24) is 9.78 Å². The van der Waals surface area contributed by atoms with Crippen LogP contribution in [0.15, 0.2) is 17.5 Å². The highest BCUT2D eigenvalue weighted by atomic mass is 35.5. The van der Waals surface area contributed by atoms with Gasteiger partial charge in [0.2, 0.25) is 5.78 Å². The van der Waals surface area contributed by atoms with Crippen LogP contribution in [-0.4, -0.2) is 15.6 Å². The summed E-state index contributed by atoms with van der Waals surface area (Å²) >= 11 is 7.31. The maximum absolute atomic E-state index is 12.2. The Morgan fingerprint density at radius 2 is 2.38 bits per heavy atom. The molecule has 0 aliphatic rings. The number of halogens is 1. The van der Waals surface area contributed by atoms with Gasteiger partial charge in [-0.2, -0.15) is 5.10 Å². The second kappa shape index (κ2) is 4.39. The van der Waals surface area contributed by atoms with Gasteiger partial charge >= 0.3 is 0 Å². The molecular weight excluding hydrogens is 244 g/mol. The fraction of sp³-hybridized carbons (Fsp3) is 0.273. The molecule has 0 aliphatic heterocycles. The molecule has 2 aromatic heterocycles. The van der Waals surface area contributed by atoms with Crippen molar-refractivity contribution in [3.05, 3.63) is 38.8 Å². The molecule has 0 bridgehead atoms. The lowest BCUT2D eigenvalue weighted by molar-refractivity contribution is 0.103. The van der Waals surface area contributed by atoms with Crippen molar-refractivity contribution in [2.24, 2.45) is 0 Å². The number of aryl methyl sites for hydroxylation is 2. The van der Waals surface area contributed by atoms with Crippen LogP contribution in [0.5, 0.6) is 0 Å². The van der Waals surface area contributed by atoms with Gasteiger partial charge in [-0.15, -0.1) is 11.3 Å². The van der Waals surface area contributed by atoms with E-state index in [-0.39, 0.29) is 5.78 Å². The summed E-state index contributed by atoms with van der Waals surface area (Å²) in [7, 11) is 0. The monoisotopic (exact) mass is 254 g/mol. The Morgan fingerprint density at radius 1 is 1.62 bits per heavy atom. The van der Waals surface area contributed by atoms with Gasteiger partial charge < -0.3 is 0 Å². The van der Waals surface area contributed by atoms with E-state index in [1.165, 1.54) is 11.3 Å². The molecule has 0 saturated heterocycles. The van der Waals surface area contributed by atoms with Crippen LogP contribution in [-0.2, 0) is 6.54 Å². The molecule has 0 unspecified atom stereocenters. The van der Waals surface area contributed by atoms with Crippen LogP contribution in [0.2, 0.25) is 5.02 Å². The summed E-state index contributed by atoms with van der Waals surface area (Å²) in [5, 5.41) is 6.57. The third kappa shape index (κ3) is 1.90. The SMILES string of the molecule is CCn1nc(C)cc1C(=O)c1sccc1Cl. The molecular formula is C11H11ClN2OS. The number of hydrogen-bond acceptors (Lipinski definition) is 3. The second-order valence-electron chi connectivity index (χ2n) is 3.41. The molecule has 0 N–H and O–H groups in total. The standard InChI is InChI=1S/C11H11ClN2OS/c1-3-14-9(6-7(2)13-14)10(15)11-8(12)4-5-16-11/h4-6H,3H2,1-2H3. The molecule has 0 aliphatic carbocycles. The van der Waals surface area contributed by atoms with Gasteiger partial charge in [-0.1, -0.05) is 11.6 Å². The summed E-state index contributed by atoms with van der Waals surface area (Å²) in [6.07, 6.45) is 0. The molecule has 16 heavy (non-hydrogen) atoms. The molecule has 0 spiro atoms. The molecule has 3 nitrogen and oxygen atoms in total. The van der Waals surface area contributed by atoms with Gasteiger partial charge in [0.25, 0.3) is 0 Å². The number of rotatable bonds is 3. The van der Waals surface area contributed by atoms with E-state index in [9.17, 15) is 4.79 Å². The summed E-state index contributed by atoms with van der Waals surface area (Å²) < 4.78 is 1.70. The summed E-state index contributed by atoms with van der Waals surface area (Å²) in [5.74, 6) is -0.0533. The van der Waals surface area contributed by atoms with E-state index in [0.717, 1.165) is 5.69 Å². The van der Waals surface area contributed by atoms with Gasteiger partial charge in [-0.05, 0) is 31.4 Å². The van der Waals surface area contributed by atoms with Crippen LogP contribution in [0.1, 0.15) is 28.0 Å². The third-order valence-electron chi connectivity index (χ3n) is 2.26. The molecule has 2 aromatic rings. The minimum absolute atomic E-state index is 0.0533. The van der Waals surface area contributed by atoms with E-state index in [1.54, 1.807) is 16.8 Å². The van der Waals surface area contributed by atoms with Crippen molar-refractivity contribution in [3.8, 4) is 0 Å². The van der Waals surface area contributed by atoms with Crippen LogP contribution >= 0.6 is 22.9 Å². The van der Waals surface area contributed by atoms with E-state index in [0.29, 0.717) is 22.1 Å². The van der Waals surface area contributed by atoms with Crippen molar-refractivity contribution in [2.45, 2.75) is 20.4 Å². The Kier molecular flexibility index (Phi) is 3.12. The summed E-state index contributed by atoms with van der Waals surface area (Å²) in [4.78, 5) is 12.8. The normalized spacial score (nSPS) is 10.7. The molecule has 0 saturated carbocycles. The number of ketones is 1. The largest absolute Gasteiger partial charge is 0.286 e. The fourth-order valence-electron chi connectivity index (χ4n) is 1.54. The zero-order chi connectivity index (χ0) is 11.7. The minimum Gasteiger partial charge on any atom is -0.286 e. The minimum atomic E-state index is -0.0533. The molecule has 0 fully saturated rings. The zero-order valence-electron chi connectivity index (χ0n) is 9.03. The van der Waals surface area contributed by atoms with Crippen molar-refractivity contribution >= 4 is 28.7 Å². The lowest BCUT2D eigenvalue weighted by atomic mass is 10.2. The van der Waals surface area contributed by atoms with Gasteiger partial charge in [-0.25, -0.2) is 0 Å². The van der Waals surface area contributed by atoms with E-state index < -0.39 is 0 Å². The lowest BCUT2D eigenvalue weighted by Crippen LogP contribution is -2.09. The van der Waals surface area contributed by atoms with Gasteiger partial charge in [0.05, 0.1) is 15.6 Å². The number of nitrogens with zero attached hydrogens (tertiary/aromatic N) is 2. The average molecular weight is 255 g/mol. The lowest BCUT2D eigenvalue weighted by Gasteiger charge is -2.02. The van der Waals surface area contributed by atoms with Crippen molar-refractivity contribution in [1.29, 1.82) is 0 Å². The predicted octanol–water partition coefficient (Wildman–Crippen LogP) is 3.16. The first-order valence-corrected chi connectivity index (χ1v) is 6.21. The highest BCUT2D eigenvalue weighted by Crippen LogP contribution is 2.25. The highest BCUT2D eigenvalue weighted by Gasteiger charge is 2.18. The van der Waals surface area contributed by atoms with Crippen molar-refractivity contribution in [3.63, 3.8) is 0 Å². The van der Waals surface area contributed by atoms with E-state index in [1.807, 2.05) is 19.2 Å². The first-order valence-electron chi connectivity index (χ1n) is 4.95. The molecule has 2 heterocycles. The number of carbonyl (C=O) groups is 1. The quantitative estimate of drug-likeness (QED) is 0.789. The number of hydrogen-bond donors (Lipinski definition) is 0. The Hall–Kier alpha value is -1.13. The van der Waals surface area contributed by atoms with Gasteiger partial charge in [0, 0.05) is 6.54 Å². The first kappa shape index (κ1) is 11.4. The fourth-order valence-corrected chi connectivity index (χ4v) is 2.63. The third-order valence-corrected chi connectivity index (χ3v) is 3.60. The first-order chi connectivity index (χ1) is 7.63. The van der Waals surface area contributed by atoms with Crippen LogP contribution < -0.4 is 0 Å². The Morgan fingerprint density at radius 3 is 2.94 bits per heavy atom. The van der Waals surface area contributed by atoms with E-state index in [2.05, 4.69) is 5.10 Å². The van der Waals surface area contributed by atoms with Crippen LogP contribution in [0.3, 0.4) is 0 Å². The van der Waals surface area contributed by atoms with Gasteiger partial charge in [-0.3, -0.25) is 9.48 Å². The molecule has 5 heteroatoms. The van der Waals surface area contributed by atoms with Crippen LogP contribution in [0.4, 0.5) is 0 Å². The maximum Gasteiger partial charge on any atom is 0.222 e. The topological polar surface area (TPSA) is 34.9 Å². The van der Waals surface area contributed by atoms with Crippen LogP contribution in [0, 0.1) is 6.92 Å². The summed E-state index contributed by atoms with van der Waals surface area (Å²) in [6, 6.07) is 3.53. The van der Waals surface area contributed by atoms with E-state index >= 15 is 0 Å². The smallest absolute Gasteiger partial charge is 0.222 e. The number of carbonyl (C=O) groups excluding carboxylic acids is 1. The molecule has 2 rings (SSSR count). The summed E-state index contributed by atoms with van der Waals surface area (Å²) in [6.45, 7) is 4.51. The number of thiophene rings is 1. The predicted molar refractivity (Wildman–Crippen MR) is 65.4 cm³/mol. The molecule has 0 aromatic carbocycles. The van der Waals surface area contributed by atoms with Gasteiger partial charge in [0.15, 0.2) is 0 Å². The Balaban J connectivity index is 2.45. The second-order valence-corrected chi connectivity index (χ2v) is 4.74. The maximum atomic E-state index is 12.2. The average Bonchev–Trinajstić information content (AvgIpc) is 2.83. The Bertz CT molecular complexity index is 530. The van der Waals surface area contributed by atoms with Crippen molar-refractivity contribution in [2.75, 3.05) is 0 Å². The zero-order valence-corrected chi connectivity index (χ0v) is 10.6. The molecule has 0 amide bonds. The summed E-state index contributed by atoms with van der Waals surface area (Å²) in [5.41, 5.74) is 1.45. The molecule has 84 valence electrons. The van der Waals surface area contributed by atoms with E-state index in [4.69, 9.17) is 11.6 Å². The molecule has 0 atom stereocenters. The molecule has 0 radical (unpaired) electrons. The van der Waals surface area contributed by atoms with Crippen molar-refractivity contribution < 1.29 is 4.79 Å². The van der Waals surface area contributed by atoms with Crippen LogP contribution in [0.25, 0.3) is 0 Å². The van der Waals surface area contributed by atoms with Gasteiger partial charge in [0.1, 0.15) is 5.69 Å². The number of aromatic nitrogens is 2. The Labute approximate surface area is 103 Å². The highest BCUT2D eigenvalue weighted by molar-refractivity contribution is 7.13.